The van der Waals surface area contributed by atoms with Gasteiger partial charge in [0, 0.05) is 18.2 Å². The number of aromatic nitrogens is 2. The first-order valence-electron chi connectivity index (χ1n) is 9.86. The van der Waals surface area contributed by atoms with Crippen LogP contribution in [0.15, 0.2) is 94.8 Å². The van der Waals surface area contributed by atoms with Gasteiger partial charge in [-0.1, -0.05) is 78.3 Å². The molecule has 0 unspecified atom stereocenters. The van der Waals surface area contributed by atoms with E-state index in [4.69, 9.17) is 23.8 Å². The summed E-state index contributed by atoms with van der Waals surface area (Å²) in [6, 6.07) is 26.2. The van der Waals surface area contributed by atoms with Crippen molar-refractivity contribution in [2.24, 2.45) is 5.10 Å². The van der Waals surface area contributed by atoms with Gasteiger partial charge in [-0.15, -0.1) is 0 Å². The van der Waals surface area contributed by atoms with Crippen LogP contribution in [0.4, 0.5) is 0 Å². The minimum absolute atomic E-state index is 0.258. The van der Waals surface area contributed by atoms with Crippen LogP contribution in [-0.2, 0) is 0 Å². The average Bonchev–Trinajstić information content (AvgIpc) is 3.18. The van der Waals surface area contributed by atoms with E-state index in [1.807, 2.05) is 78.9 Å². The first kappa shape index (κ1) is 21.5. The third-order valence-corrected chi connectivity index (χ3v) is 5.45. The summed E-state index contributed by atoms with van der Waals surface area (Å²) in [5, 5.41) is 11.4. The maximum Gasteiger partial charge on any atom is 0.281 e. The highest BCUT2D eigenvalue weighted by atomic mass is 35.5. The van der Waals surface area contributed by atoms with Crippen LogP contribution in [0.2, 0.25) is 5.02 Å². The van der Waals surface area contributed by atoms with E-state index >= 15 is 0 Å². The summed E-state index contributed by atoms with van der Waals surface area (Å²) < 4.78 is 1.50. The Morgan fingerprint density at radius 3 is 2.25 bits per heavy atom. The van der Waals surface area contributed by atoms with Crippen LogP contribution in [0.25, 0.3) is 16.9 Å². The zero-order valence-corrected chi connectivity index (χ0v) is 18.7. The molecule has 160 valence electrons. The molecule has 6 nitrogen and oxygen atoms in total. The fraction of sp³-hybridized carbons (Fsp3) is 0.0417. The average molecular weight is 462 g/mol. The molecule has 0 aliphatic rings. The van der Waals surface area contributed by atoms with Crippen molar-refractivity contribution in [3.05, 3.63) is 111 Å². The molecule has 0 aliphatic carbocycles. The first-order valence-corrected chi connectivity index (χ1v) is 10.7. The molecule has 0 atom stereocenters. The maximum atomic E-state index is 13.7. The third-order valence-electron chi connectivity index (χ3n) is 4.83. The van der Waals surface area contributed by atoms with Crippen molar-refractivity contribution in [2.75, 3.05) is 7.05 Å². The molecule has 0 amide bonds. The molecule has 32 heavy (non-hydrogen) atoms. The highest BCUT2D eigenvalue weighted by Crippen LogP contribution is 2.26. The Balaban J connectivity index is 2.02. The molecule has 3 N–H and O–H groups in total. The van der Waals surface area contributed by atoms with E-state index < -0.39 is 0 Å². The molecule has 0 bridgehead atoms. The summed E-state index contributed by atoms with van der Waals surface area (Å²) in [6.07, 6.45) is 0. The lowest BCUT2D eigenvalue weighted by Gasteiger charge is -2.10. The summed E-state index contributed by atoms with van der Waals surface area (Å²) in [5.41, 5.74) is 6.06. The Bertz CT molecular complexity index is 1330. The van der Waals surface area contributed by atoms with Crippen molar-refractivity contribution in [2.45, 2.75) is 0 Å². The fourth-order valence-electron chi connectivity index (χ4n) is 3.30. The van der Waals surface area contributed by atoms with Gasteiger partial charge >= 0.3 is 0 Å². The number of hydrogen-bond donors (Lipinski definition) is 3. The van der Waals surface area contributed by atoms with Crippen LogP contribution in [0.3, 0.4) is 0 Å². The van der Waals surface area contributed by atoms with Crippen LogP contribution < -0.4 is 16.3 Å². The summed E-state index contributed by atoms with van der Waals surface area (Å²) >= 11 is 11.7. The van der Waals surface area contributed by atoms with E-state index in [0.717, 1.165) is 5.56 Å². The Morgan fingerprint density at radius 2 is 1.59 bits per heavy atom. The van der Waals surface area contributed by atoms with Crippen molar-refractivity contribution < 1.29 is 0 Å². The van der Waals surface area contributed by atoms with Crippen molar-refractivity contribution in [1.82, 2.24) is 20.5 Å². The number of rotatable bonds is 5. The molecule has 0 saturated heterocycles. The molecule has 0 radical (unpaired) electrons. The quantitative estimate of drug-likeness (QED) is 0.235. The highest BCUT2D eigenvalue weighted by molar-refractivity contribution is 7.80. The second kappa shape index (κ2) is 9.64. The molecule has 0 fully saturated rings. The van der Waals surface area contributed by atoms with E-state index in [0.29, 0.717) is 38.4 Å². The Kier molecular flexibility index (Phi) is 6.49. The standard InChI is InChI=1S/C24H20ClN5OS/c1-26-24(32)28-27-22(18-14-8-9-15-19(18)25)20-21(16-10-4-2-5-11-16)29-30(23(20)31)17-12-6-3-7-13-17/h2-15,29H,1H3,(H2,26,28,32)/b27-22-. The number of aromatic amines is 1. The molecule has 3 aromatic carbocycles. The van der Waals surface area contributed by atoms with Crippen molar-refractivity contribution >= 4 is 34.6 Å². The molecule has 1 aromatic heterocycles. The van der Waals surface area contributed by atoms with Gasteiger partial charge in [-0.3, -0.25) is 15.3 Å². The fourth-order valence-corrected chi connectivity index (χ4v) is 3.57. The molecular formula is C24H20ClN5OS. The topological polar surface area (TPSA) is 74.2 Å². The smallest absolute Gasteiger partial charge is 0.281 e. The predicted molar refractivity (Wildman–Crippen MR) is 134 cm³/mol. The normalized spacial score (nSPS) is 11.2. The lowest BCUT2D eigenvalue weighted by molar-refractivity contribution is 0.852. The zero-order chi connectivity index (χ0) is 22.5. The Hall–Kier alpha value is -3.68. The van der Waals surface area contributed by atoms with E-state index in [9.17, 15) is 4.79 Å². The van der Waals surface area contributed by atoms with Crippen LogP contribution in [0.1, 0.15) is 11.1 Å². The van der Waals surface area contributed by atoms with Gasteiger partial charge in [0.25, 0.3) is 5.56 Å². The summed E-state index contributed by atoms with van der Waals surface area (Å²) in [5.74, 6) is 0. The number of thiocarbonyl (C=S) groups is 1. The number of halogens is 1. The van der Waals surface area contributed by atoms with Crippen LogP contribution in [0, 0.1) is 0 Å². The van der Waals surface area contributed by atoms with Gasteiger partial charge < -0.3 is 5.32 Å². The van der Waals surface area contributed by atoms with Crippen LogP contribution in [0.5, 0.6) is 0 Å². The number of para-hydroxylation sites is 1. The van der Waals surface area contributed by atoms with Gasteiger partial charge in [0.15, 0.2) is 5.11 Å². The van der Waals surface area contributed by atoms with Gasteiger partial charge in [0.2, 0.25) is 0 Å². The van der Waals surface area contributed by atoms with E-state index in [1.54, 1.807) is 13.1 Å². The van der Waals surface area contributed by atoms with Gasteiger partial charge in [0.1, 0.15) is 5.71 Å². The SMILES string of the molecule is CNC(=S)N/N=C(/c1ccccc1Cl)c1c(-c2ccccc2)[nH]n(-c2ccccc2)c1=O. The van der Waals surface area contributed by atoms with E-state index in [1.165, 1.54) is 4.68 Å². The molecule has 4 rings (SSSR count). The highest BCUT2D eigenvalue weighted by Gasteiger charge is 2.24. The van der Waals surface area contributed by atoms with Crippen LogP contribution >= 0.6 is 23.8 Å². The monoisotopic (exact) mass is 461 g/mol. The maximum absolute atomic E-state index is 13.7. The van der Waals surface area contributed by atoms with Crippen molar-refractivity contribution in [1.29, 1.82) is 0 Å². The van der Waals surface area contributed by atoms with Crippen molar-refractivity contribution in [3.8, 4) is 16.9 Å². The number of hydrogen-bond acceptors (Lipinski definition) is 3. The largest absolute Gasteiger partial charge is 0.364 e. The summed E-state index contributed by atoms with van der Waals surface area (Å²) in [4.78, 5) is 13.7. The molecule has 0 saturated carbocycles. The van der Waals surface area contributed by atoms with Gasteiger partial charge in [-0.25, -0.2) is 4.68 Å². The third kappa shape index (κ3) is 4.34. The number of benzene rings is 3. The minimum atomic E-state index is -0.258. The Labute approximate surface area is 195 Å². The van der Waals surface area contributed by atoms with Gasteiger partial charge in [-0.2, -0.15) is 5.10 Å². The lowest BCUT2D eigenvalue weighted by Crippen LogP contribution is -2.31. The molecule has 4 aromatic rings. The molecule has 1 heterocycles. The number of nitrogens with one attached hydrogen (secondary N) is 3. The summed E-state index contributed by atoms with van der Waals surface area (Å²) in [6.45, 7) is 0. The minimum Gasteiger partial charge on any atom is -0.364 e. The van der Waals surface area contributed by atoms with Gasteiger partial charge in [0.05, 0.1) is 22.0 Å². The lowest BCUT2D eigenvalue weighted by atomic mass is 9.99. The molecular weight excluding hydrogens is 442 g/mol. The second-order valence-electron chi connectivity index (χ2n) is 6.84. The molecule has 0 aliphatic heterocycles. The van der Waals surface area contributed by atoms with Crippen LogP contribution in [-0.4, -0.2) is 27.7 Å². The first-order chi connectivity index (χ1) is 15.6. The van der Waals surface area contributed by atoms with Gasteiger partial charge in [-0.05, 0) is 30.4 Å². The second-order valence-corrected chi connectivity index (χ2v) is 7.65. The van der Waals surface area contributed by atoms with E-state index in [2.05, 4.69) is 20.9 Å². The zero-order valence-electron chi connectivity index (χ0n) is 17.2. The molecule has 8 heteroatoms. The Morgan fingerprint density at radius 1 is 0.969 bits per heavy atom. The number of H-pyrrole nitrogens is 1. The van der Waals surface area contributed by atoms with Crippen molar-refractivity contribution in [3.63, 3.8) is 0 Å². The number of hydrazone groups is 1. The number of nitrogens with zero attached hydrogens (tertiary/aromatic N) is 2. The van der Waals surface area contributed by atoms with E-state index in [-0.39, 0.29) is 5.56 Å². The molecule has 0 spiro atoms. The summed E-state index contributed by atoms with van der Waals surface area (Å²) in [7, 11) is 1.69. The predicted octanol–water partition coefficient (Wildman–Crippen LogP) is 4.33.